The highest BCUT2D eigenvalue weighted by Crippen LogP contribution is 2.16. The number of rotatable bonds is 5. The molecule has 4 nitrogen and oxygen atoms in total. The Bertz CT molecular complexity index is 476. The highest BCUT2D eigenvalue weighted by atomic mass is 32.2. The van der Waals surface area contributed by atoms with Gasteiger partial charge in [-0.15, -0.1) is 6.58 Å². The first kappa shape index (κ1) is 13.9. The van der Waals surface area contributed by atoms with Crippen LogP contribution in [0.4, 0.5) is 0 Å². The molecular formula is C12H16O4S. The van der Waals surface area contributed by atoms with Crippen molar-refractivity contribution in [3.05, 3.63) is 42.5 Å². The van der Waals surface area contributed by atoms with E-state index in [0.717, 1.165) is 5.56 Å². The van der Waals surface area contributed by atoms with Gasteiger partial charge in [0.05, 0.1) is 11.0 Å². The molecule has 0 saturated heterocycles. The zero-order valence-corrected chi connectivity index (χ0v) is 10.6. The normalized spacial score (nSPS) is 15.2. The van der Waals surface area contributed by atoms with Crippen molar-refractivity contribution in [2.45, 2.75) is 31.0 Å². The first-order chi connectivity index (χ1) is 7.86. The second-order valence-electron chi connectivity index (χ2n) is 3.79. The summed E-state index contributed by atoms with van der Waals surface area (Å²) in [6.07, 6.45) is -0.649. The van der Waals surface area contributed by atoms with Gasteiger partial charge in [0.2, 0.25) is 0 Å². The molecule has 0 heterocycles. The van der Waals surface area contributed by atoms with Crippen molar-refractivity contribution in [3.63, 3.8) is 0 Å². The summed E-state index contributed by atoms with van der Waals surface area (Å²) in [4.78, 5) is 0.0752. The minimum Gasteiger partial charge on any atom is -0.386 e. The van der Waals surface area contributed by atoms with Crippen molar-refractivity contribution in [2.24, 2.45) is 0 Å². The Labute approximate surface area is 102 Å². The van der Waals surface area contributed by atoms with E-state index >= 15 is 0 Å². The van der Waals surface area contributed by atoms with Gasteiger partial charge < -0.3 is 5.11 Å². The lowest BCUT2D eigenvalue weighted by Gasteiger charge is -2.15. The van der Waals surface area contributed by atoms with Gasteiger partial charge in [0.25, 0.3) is 10.1 Å². The first-order valence-electron chi connectivity index (χ1n) is 5.17. The Morgan fingerprint density at radius 3 is 2.35 bits per heavy atom. The monoisotopic (exact) mass is 256 g/mol. The lowest BCUT2D eigenvalue weighted by molar-refractivity contribution is 0.0842. The summed E-state index contributed by atoms with van der Waals surface area (Å²) in [6, 6.07) is 6.31. The summed E-state index contributed by atoms with van der Waals surface area (Å²) in [7, 11) is -3.84. The predicted octanol–water partition coefficient (Wildman–Crippen LogP) is 1.64. The van der Waals surface area contributed by atoms with Crippen LogP contribution in [0.1, 0.15) is 12.5 Å². The van der Waals surface area contributed by atoms with Gasteiger partial charge in [-0.1, -0.05) is 23.8 Å². The summed E-state index contributed by atoms with van der Waals surface area (Å²) < 4.78 is 28.5. The minimum absolute atomic E-state index is 0.0752. The van der Waals surface area contributed by atoms with Crippen molar-refractivity contribution in [3.8, 4) is 0 Å². The molecule has 0 aliphatic rings. The molecule has 1 N–H and O–H groups in total. The maximum Gasteiger partial charge on any atom is 0.297 e. The van der Waals surface area contributed by atoms with Crippen LogP contribution in [-0.4, -0.2) is 25.7 Å². The second kappa shape index (κ2) is 5.44. The Balaban J connectivity index is 2.89. The van der Waals surface area contributed by atoms with Crippen LogP contribution in [0, 0.1) is 6.92 Å². The van der Waals surface area contributed by atoms with Gasteiger partial charge in [0.15, 0.2) is 0 Å². The van der Waals surface area contributed by atoms with Gasteiger partial charge in [-0.05, 0) is 26.0 Å². The molecule has 1 aromatic carbocycles. The molecule has 0 bridgehead atoms. The van der Waals surface area contributed by atoms with Crippen molar-refractivity contribution in [2.75, 3.05) is 0 Å². The predicted molar refractivity (Wildman–Crippen MR) is 65.1 cm³/mol. The molecule has 0 radical (unpaired) electrons. The molecule has 1 rings (SSSR count). The van der Waals surface area contributed by atoms with Crippen molar-refractivity contribution < 1.29 is 17.7 Å². The molecule has 0 amide bonds. The van der Waals surface area contributed by atoms with Gasteiger partial charge >= 0.3 is 0 Å². The van der Waals surface area contributed by atoms with E-state index in [-0.39, 0.29) is 4.90 Å². The fourth-order valence-corrected chi connectivity index (χ4v) is 2.30. The van der Waals surface area contributed by atoms with E-state index in [4.69, 9.17) is 4.18 Å². The van der Waals surface area contributed by atoms with E-state index in [2.05, 4.69) is 6.58 Å². The summed E-state index contributed by atoms with van der Waals surface area (Å²) >= 11 is 0. The molecule has 0 aliphatic carbocycles. The lowest BCUT2D eigenvalue weighted by Crippen LogP contribution is -2.26. The van der Waals surface area contributed by atoms with Gasteiger partial charge in [0.1, 0.15) is 6.10 Å². The summed E-state index contributed by atoms with van der Waals surface area (Å²) in [6.45, 7) is 6.70. The van der Waals surface area contributed by atoms with Gasteiger partial charge in [-0.3, -0.25) is 4.18 Å². The van der Waals surface area contributed by atoms with Crippen LogP contribution in [0.25, 0.3) is 0 Å². The van der Waals surface area contributed by atoms with Crippen LogP contribution in [0.5, 0.6) is 0 Å². The van der Waals surface area contributed by atoms with E-state index in [1.165, 1.54) is 25.1 Å². The van der Waals surface area contributed by atoms with Gasteiger partial charge in [0, 0.05) is 0 Å². The molecule has 0 aromatic heterocycles. The number of aliphatic hydroxyl groups is 1. The first-order valence-corrected chi connectivity index (χ1v) is 6.58. The molecular weight excluding hydrogens is 240 g/mol. The van der Waals surface area contributed by atoms with E-state index < -0.39 is 22.3 Å². The summed E-state index contributed by atoms with van der Waals surface area (Å²) in [5, 5.41) is 9.37. The van der Waals surface area contributed by atoms with Crippen LogP contribution in [0.15, 0.2) is 41.8 Å². The Morgan fingerprint density at radius 1 is 1.35 bits per heavy atom. The Kier molecular flexibility index (Phi) is 4.45. The summed E-state index contributed by atoms with van der Waals surface area (Å²) in [5.74, 6) is 0. The number of benzene rings is 1. The smallest absolute Gasteiger partial charge is 0.297 e. The second-order valence-corrected chi connectivity index (χ2v) is 5.37. The minimum atomic E-state index is -3.84. The number of hydrogen-bond donors (Lipinski definition) is 1. The SMILES string of the molecule is C=C[C@H](O)[C@@H](C)OS(=O)(=O)c1ccc(C)cc1. The molecule has 17 heavy (non-hydrogen) atoms. The van der Waals surface area contributed by atoms with E-state index in [1.807, 2.05) is 6.92 Å². The van der Waals surface area contributed by atoms with Crippen molar-refractivity contribution >= 4 is 10.1 Å². The molecule has 0 unspecified atom stereocenters. The quantitative estimate of drug-likeness (QED) is 0.642. The molecule has 5 heteroatoms. The maximum atomic E-state index is 11.8. The van der Waals surface area contributed by atoms with E-state index in [1.54, 1.807) is 12.1 Å². The number of hydrogen-bond acceptors (Lipinski definition) is 4. The Hall–Kier alpha value is -1.17. The number of aliphatic hydroxyl groups excluding tert-OH is 1. The van der Waals surface area contributed by atoms with Crippen LogP contribution in [-0.2, 0) is 14.3 Å². The molecule has 2 atom stereocenters. The third-order valence-corrected chi connectivity index (χ3v) is 3.72. The Morgan fingerprint density at radius 2 is 1.88 bits per heavy atom. The van der Waals surface area contributed by atoms with Gasteiger partial charge in [-0.25, -0.2) is 0 Å². The lowest BCUT2D eigenvalue weighted by atomic mass is 10.2. The standard InChI is InChI=1S/C12H16O4S/c1-4-12(13)10(3)16-17(14,15)11-7-5-9(2)6-8-11/h4-8,10,12-13H,1H2,2-3H3/t10-,12+/m1/s1. The molecule has 94 valence electrons. The highest BCUT2D eigenvalue weighted by molar-refractivity contribution is 7.86. The van der Waals surface area contributed by atoms with Crippen LogP contribution < -0.4 is 0 Å². The fraction of sp³-hybridized carbons (Fsp3) is 0.333. The van der Waals surface area contributed by atoms with Crippen LogP contribution in [0.3, 0.4) is 0 Å². The van der Waals surface area contributed by atoms with E-state index in [9.17, 15) is 13.5 Å². The van der Waals surface area contributed by atoms with Crippen LogP contribution in [0.2, 0.25) is 0 Å². The fourth-order valence-electron chi connectivity index (χ4n) is 1.21. The third kappa shape index (κ3) is 3.66. The largest absolute Gasteiger partial charge is 0.386 e. The molecule has 0 fully saturated rings. The zero-order chi connectivity index (χ0) is 13.1. The molecule has 0 aliphatic heterocycles. The molecule has 0 spiro atoms. The van der Waals surface area contributed by atoms with Crippen LogP contribution >= 0.6 is 0 Å². The third-order valence-electron chi connectivity index (χ3n) is 2.31. The summed E-state index contributed by atoms with van der Waals surface area (Å²) in [5.41, 5.74) is 0.961. The van der Waals surface area contributed by atoms with Crippen molar-refractivity contribution in [1.29, 1.82) is 0 Å². The average Bonchev–Trinajstić information content (AvgIpc) is 2.27. The van der Waals surface area contributed by atoms with Crippen molar-refractivity contribution in [1.82, 2.24) is 0 Å². The molecule has 1 aromatic rings. The highest BCUT2D eigenvalue weighted by Gasteiger charge is 2.22. The maximum absolute atomic E-state index is 11.8. The molecule has 0 saturated carbocycles. The average molecular weight is 256 g/mol. The topological polar surface area (TPSA) is 63.6 Å². The van der Waals surface area contributed by atoms with Gasteiger partial charge in [-0.2, -0.15) is 8.42 Å². The number of aryl methyl sites for hydroxylation is 1. The van der Waals surface area contributed by atoms with E-state index in [0.29, 0.717) is 0 Å². The zero-order valence-electron chi connectivity index (χ0n) is 9.83.